The average molecular weight is 326 g/mol. The van der Waals surface area contributed by atoms with Crippen molar-refractivity contribution in [2.45, 2.75) is 31.5 Å². The molecule has 74 valence electrons. The third-order valence-electron chi connectivity index (χ3n) is 2.15. The van der Waals surface area contributed by atoms with E-state index in [1.54, 1.807) is 0 Å². The lowest BCUT2D eigenvalue weighted by Gasteiger charge is -2.15. The van der Waals surface area contributed by atoms with Crippen LogP contribution in [0.2, 0.25) is 0 Å². The minimum absolute atomic E-state index is 0.647. The molecule has 0 bridgehead atoms. The molecule has 0 spiro atoms. The van der Waals surface area contributed by atoms with Gasteiger partial charge in [0.2, 0.25) is 0 Å². The van der Waals surface area contributed by atoms with Gasteiger partial charge in [-0.3, -0.25) is 0 Å². The van der Waals surface area contributed by atoms with Gasteiger partial charge >= 0.3 is 0 Å². The first-order valence-electron chi connectivity index (χ1n) is 4.50. The Hall–Kier alpha value is 0.660. The summed E-state index contributed by atoms with van der Waals surface area (Å²) in [5, 5.41) is 2.15. The van der Waals surface area contributed by atoms with E-state index in [2.05, 4.69) is 57.2 Å². The number of thiophene rings is 1. The van der Waals surface area contributed by atoms with Crippen LogP contribution in [0.1, 0.15) is 25.1 Å². The standard InChI is InChI=1S/C10H14Br2S/c1-3-10(12)7(2)4-9-5-8(11)6-13-9/h5-7,10H,3-4H2,1-2H3. The smallest absolute Gasteiger partial charge is 0.0285 e. The SMILES string of the molecule is CCC(Br)C(C)Cc1cc(Br)cs1. The second-order valence-corrected chi connectivity index (χ2v) is 6.42. The van der Waals surface area contributed by atoms with Crippen LogP contribution in [0.15, 0.2) is 15.9 Å². The molecular weight excluding hydrogens is 312 g/mol. The van der Waals surface area contributed by atoms with Crippen molar-refractivity contribution in [3.8, 4) is 0 Å². The van der Waals surface area contributed by atoms with E-state index >= 15 is 0 Å². The normalized spacial score (nSPS) is 15.7. The van der Waals surface area contributed by atoms with Crippen molar-refractivity contribution in [3.63, 3.8) is 0 Å². The summed E-state index contributed by atoms with van der Waals surface area (Å²) in [6.45, 7) is 4.52. The molecule has 1 heterocycles. The zero-order valence-corrected chi connectivity index (χ0v) is 11.9. The van der Waals surface area contributed by atoms with Crippen molar-refractivity contribution < 1.29 is 0 Å². The Morgan fingerprint density at radius 2 is 2.23 bits per heavy atom. The average Bonchev–Trinajstić information content (AvgIpc) is 2.49. The lowest BCUT2D eigenvalue weighted by Crippen LogP contribution is -2.11. The van der Waals surface area contributed by atoms with E-state index in [1.165, 1.54) is 22.2 Å². The van der Waals surface area contributed by atoms with Crippen LogP contribution in [0.25, 0.3) is 0 Å². The molecule has 0 amide bonds. The van der Waals surface area contributed by atoms with Crippen molar-refractivity contribution >= 4 is 43.2 Å². The van der Waals surface area contributed by atoms with E-state index in [9.17, 15) is 0 Å². The lowest BCUT2D eigenvalue weighted by atomic mass is 10.0. The van der Waals surface area contributed by atoms with E-state index < -0.39 is 0 Å². The minimum atomic E-state index is 0.647. The minimum Gasteiger partial charge on any atom is -0.148 e. The molecule has 1 rings (SSSR count). The highest BCUT2D eigenvalue weighted by Crippen LogP contribution is 2.26. The first kappa shape index (κ1) is 11.7. The van der Waals surface area contributed by atoms with Crippen LogP contribution in [-0.2, 0) is 6.42 Å². The van der Waals surface area contributed by atoms with E-state index in [0.717, 1.165) is 5.92 Å². The molecule has 1 aromatic rings. The molecule has 13 heavy (non-hydrogen) atoms. The molecule has 2 unspecified atom stereocenters. The third kappa shape index (κ3) is 3.72. The van der Waals surface area contributed by atoms with Gasteiger partial charge < -0.3 is 0 Å². The van der Waals surface area contributed by atoms with Crippen LogP contribution >= 0.6 is 43.2 Å². The molecule has 0 aliphatic carbocycles. The largest absolute Gasteiger partial charge is 0.148 e. The summed E-state index contributed by atoms with van der Waals surface area (Å²) in [6.07, 6.45) is 2.38. The van der Waals surface area contributed by atoms with Crippen molar-refractivity contribution in [2.75, 3.05) is 0 Å². The molecule has 0 radical (unpaired) electrons. The predicted octanol–water partition coefficient (Wildman–Crippen LogP) is 4.86. The number of alkyl halides is 1. The quantitative estimate of drug-likeness (QED) is 0.693. The van der Waals surface area contributed by atoms with Crippen molar-refractivity contribution in [1.29, 1.82) is 0 Å². The lowest BCUT2D eigenvalue weighted by molar-refractivity contribution is 0.549. The van der Waals surface area contributed by atoms with Crippen LogP contribution in [0.3, 0.4) is 0 Å². The highest BCUT2D eigenvalue weighted by molar-refractivity contribution is 9.10. The van der Waals surface area contributed by atoms with Gasteiger partial charge in [-0.25, -0.2) is 0 Å². The monoisotopic (exact) mass is 324 g/mol. The maximum atomic E-state index is 3.70. The Morgan fingerprint density at radius 3 is 2.69 bits per heavy atom. The van der Waals surface area contributed by atoms with Gasteiger partial charge in [0.15, 0.2) is 0 Å². The van der Waals surface area contributed by atoms with Gasteiger partial charge in [-0.15, -0.1) is 11.3 Å². The summed E-state index contributed by atoms with van der Waals surface area (Å²) >= 11 is 9.01. The van der Waals surface area contributed by atoms with Crippen LogP contribution in [0.4, 0.5) is 0 Å². The Morgan fingerprint density at radius 1 is 1.54 bits per heavy atom. The third-order valence-corrected chi connectivity index (χ3v) is 5.42. The number of hydrogen-bond donors (Lipinski definition) is 0. The van der Waals surface area contributed by atoms with Gasteiger partial charge in [-0.2, -0.15) is 0 Å². The molecule has 0 saturated carbocycles. The Labute approximate surface area is 101 Å². The van der Waals surface area contributed by atoms with E-state index in [-0.39, 0.29) is 0 Å². The second-order valence-electron chi connectivity index (χ2n) is 3.34. The molecule has 0 nitrogen and oxygen atoms in total. The predicted molar refractivity (Wildman–Crippen MR) is 67.9 cm³/mol. The molecule has 0 N–H and O–H groups in total. The van der Waals surface area contributed by atoms with Crippen molar-refractivity contribution in [1.82, 2.24) is 0 Å². The maximum absolute atomic E-state index is 3.70. The molecule has 0 aliphatic heterocycles. The van der Waals surface area contributed by atoms with Crippen molar-refractivity contribution in [3.05, 3.63) is 20.8 Å². The summed E-state index contributed by atoms with van der Waals surface area (Å²) in [6, 6.07) is 2.22. The molecule has 0 aromatic carbocycles. The molecule has 0 fully saturated rings. The zero-order valence-electron chi connectivity index (χ0n) is 7.89. The van der Waals surface area contributed by atoms with Crippen molar-refractivity contribution in [2.24, 2.45) is 5.92 Å². The second kappa shape index (κ2) is 5.52. The van der Waals surface area contributed by atoms with Crippen LogP contribution in [0.5, 0.6) is 0 Å². The van der Waals surface area contributed by atoms with Gasteiger partial charge in [0, 0.05) is 19.6 Å². The number of halogens is 2. The summed E-state index contributed by atoms with van der Waals surface area (Å²) in [5.74, 6) is 0.718. The van der Waals surface area contributed by atoms with E-state index in [0.29, 0.717) is 4.83 Å². The van der Waals surface area contributed by atoms with Crippen LogP contribution < -0.4 is 0 Å². The van der Waals surface area contributed by atoms with Crippen LogP contribution in [0, 0.1) is 5.92 Å². The Bertz CT molecular complexity index is 257. The molecule has 2 atom stereocenters. The highest BCUT2D eigenvalue weighted by atomic mass is 79.9. The fourth-order valence-corrected chi connectivity index (χ4v) is 3.09. The summed E-state index contributed by atoms with van der Waals surface area (Å²) in [5.41, 5.74) is 0. The van der Waals surface area contributed by atoms with E-state index in [1.807, 2.05) is 11.3 Å². The van der Waals surface area contributed by atoms with Crippen LogP contribution in [-0.4, -0.2) is 4.83 Å². The number of hydrogen-bond acceptors (Lipinski definition) is 1. The molecule has 0 saturated heterocycles. The fourth-order valence-electron chi connectivity index (χ4n) is 1.31. The maximum Gasteiger partial charge on any atom is 0.0285 e. The topological polar surface area (TPSA) is 0 Å². The first-order chi connectivity index (χ1) is 6.13. The molecule has 0 aliphatic rings. The number of rotatable bonds is 4. The van der Waals surface area contributed by atoms with Gasteiger partial charge in [-0.1, -0.05) is 29.8 Å². The summed E-state index contributed by atoms with van der Waals surface area (Å²) in [4.78, 5) is 2.12. The summed E-state index contributed by atoms with van der Waals surface area (Å²) in [7, 11) is 0. The Balaban J connectivity index is 2.49. The fraction of sp³-hybridized carbons (Fsp3) is 0.600. The summed E-state index contributed by atoms with van der Waals surface area (Å²) < 4.78 is 1.21. The van der Waals surface area contributed by atoms with Gasteiger partial charge in [0.05, 0.1) is 0 Å². The molecular formula is C10H14Br2S. The van der Waals surface area contributed by atoms with Gasteiger partial charge in [0.1, 0.15) is 0 Å². The highest BCUT2D eigenvalue weighted by Gasteiger charge is 2.13. The van der Waals surface area contributed by atoms with E-state index in [4.69, 9.17) is 0 Å². The molecule has 3 heteroatoms. The Kier molecular flexibility index (Phi) is 4.98. The van der Waals surface area contributed by atoms with Gasteiger partial charge in [0.25, 0.3) is 0 Å². The molecule has 1 aromatic heterocycles. The van der Waals surface area contributed by atoms with Gasteiger partial charge in [-0.05, 0) is 40.8 Å². The zero-order chi connectivity index (χ0) is 9.84. The first-order valence-corrected chi connectivity index (χ1v) is 7.09.